The summed E-state index contributed by atoms with van der Waals surface area (Å²) in [5.74, 6) is 2.09. The normalized spacial score (nSPS) is 31.7. The summed E-state index contributed by atoms with van der Waals surface area (Å²) in [6, 6.07) is 0. The average molecular weight is 379 g/mol. The van der Waals surface area contributed by atoms with Crippen molar-refractivity contribution in [2.45, 2.75) is 99.1 Å². The standard InChI is InChI=1S/C18H34O2S3/c1-3-5-7-9-15-17(11-13-21-15)23(19,20)18-12-14-22-16(18)10-8-6-4-2/h15-18H,3-14H2,1-2H3. The van der Waals surface area contributed by atoms with Crippen LogP contribution in [0.2, 0.25) is 0 Å². The van der Waals surface area contributed by atoms with E-state index in [9.17, 15) is 8.42 Å². The Kier molecular flexibility index (Phi) is 8.65. The van der Waals surface area contributed by atoms with E-state index in [-0.39, 0.29) is 10.5 Å². The van der Waals surface area contributed by atoms with E-state index in [1.54, 1.807) is 0 Å². The molecule has 0 aromatic heterocycles. The van der Waals surface area contributed by atoms with E-state index < -0.39 is 9.84 Å². The third kappa shape index (κ3) is 5.31. The molecule has 4 atom stereocenters. The van der Waals surface area contributed by atoms with Crippen LogP contribution in [-0.4, -0.2) is 40.9 Å². The van der Waals surface area contributed by atoms with E-state index in [0.717, 1.165) is 37.2 Å². The minimum absolute atomic E-state index is 0.0540. The Bertz CT molecular complexity index is 402. The molecule has 0 radical (unpaired) electrons. The summed E-state index contributed by atoms with van der Waals surface area (Å²) in [6.45, 7) is 4.43. The number of rotatable bonds is 10. The van der Waals surface area contributed by atoms with Gasteiger partial charge in [-0.05, 0) is 37.2 Å². The largest absolute Gasteiger partial charge is 0.228 e. The highest BCUT2D eigenvalue weighted by Crippen LogP contribution is 2.42. The number of hydrogen-bond acceptors (Lipinski definition) is 4. The summed E-state index contributed by atoms with van der Waals surface area (Å²) in [5.41, 5.74) is 0. The minimum Gasteiger partial charge on any atom is -0.228 e. The van der Waals surface area contributed by atoms with Crippen molar-refractivity contribution in [3.05, 3.63) is 0 Å². The molecule has 136 valence electrons. The summed E-state index contributed by atoms with van der Waals surface area (Å²) in [6.07, 6.45) is 11.3. The zero-order valence-electron chi connectivity index (χ0n) is 14.8. The van der Waals surface area contributed by atoms with Crippen molar-refractivity contribution in [3.63, 3.8) is 0 Å². The maximum absolute atomic E-state index is 13.3. The van der Waals surface area contributed by atoms with Crippen molar-refractivity contribution in [2.24, 2.45) is 0 Å². The molecule has 2 fully saturated rings. The Balaban J connectivity index is 1.98. The van der Waals surface area contributed by atoms with Gasteiger partial charge < -0.3 is 0 Å². The molecule has 0 spiro atoms. The molecule has 23 heavy (non-hydrogen) atoms. The zero-order chi connectivity index (χ0) is 16.7. The summed E-state index contributed by atoms with van der Waals surface area (Å²) in [7, 11) is -2.95. The van der Waals surface area contributed by atoms with Crippen LogP contribution in [0.25, 0.3) is 0 Å². The van der Waals surface area contributed by atoms with Gasteiger partial charge in [-0.25, -0.2) is 8.42 Å². The smallest absolute Gasteiger partial charge is 0.158 e. The Morgan fingerprint density at radius 1 is 0.783 bits per heavy atom. The van der Waals surface area contributed by atoms with E-state index in [2.05, 4.69) is 13.8 Å². The monoisotopic (exact) mass is 378 g/mol. The van der Waals surface area contributed by atoms with E-state index >= 15 is 0 Å². The lowest BCUT2D eigenvalue weighted by Gasteiger charge is -2.26. The Labute approximate surface area is 152 Å². The van der Waals surface area contributed by atoms with Crippen LogP contribution in [0.5, 0.6) is 0 Å². The molecule has 2 aliphatic heterocycles. The molecular weight excluding hydrogens is 344 g/mol. The third-order valence-electron chi connectivity index (χ3n) is 5.33. The number of thioether (sulfide) groups is 2. The second kappa shape index (κ2) is 9.96. The summed E-state index contributed by atoms with van der Waals surface area (Å²) < 4.78 is 26.6. The molecule has 0 saturated carbocycles. The number of hydrogen-bond donors (Lipinski definition) is 0. The number of sulfone groups is 1. The fraction of sp³-hybridized carbons (Fsp3) is 1.00. The van der Waals surface area contributed by atoms with Crippen LogP contribution in [-0.2, 0) is 9.84 Å². The molecule has 2 aliphatic rings. The SMILES string of the molecule is CCCCCC1SCCC1S(=O)(=O)C1CCSC1CCCCC. The quantitative estimate of drug-likeness (QED) is 0.482. The molecule has 0 bridgehead atoms. The van der Waals surface area contributed by atoms with Gasteiger partial charge in [0.1, 0.15) is 0 Å². The zero-order valence-corrected chi connectivity index (χ0v) is 17.3. The summed E-state index contributed by atoms with van der Waals surface area (Å²) in [5, 5.41) is 0.630. The molecule has 0 aromatic rings. The predicted molar refractivity (Wildman–Crippen MR) is 107 cm³/mol. The summed E-state index contributed by atoms with van der Waals surface area (Å²) in [4.78, 5) is 0. The van der Waals surface area contributed by atoms with Gasteiger partial charge in [0.15, 0.2) is 9.84 Å². The molecular formula is C18H34O2S3. The first-order chi connectivity index (χ1) is 11.1. The van der Waals surface area contributed by atoms with Gasteiger partial charge in [-0.1, -0.05) is 52.4 Å². The second-order valence-electron chi connectivity index (χ2n) is 7.05. The fourth-order valence-electron chi connectivity index (χ4n) is 3.96. The first kappa shape index (κ1) is 20.0. The van der Waals surface area contributed by atoms with Crippen LogP contribution >= 0.6 is 23.5 Å². The second-order valence-corrected chi connectivity index (χ2v) is 12.1. The van der Waals surface area contributed by atoms with Gasteiger partial charge in [-0.2, -0.15) is 23.5 Å². The van der Waals surface area contributed by atoms with E-state index in [1.807, 2.05) is 23.5 Å². The lowest BCUT2D eigenvalue weighted by Crippen LogP contribution is -2.39. The molecule has 0 amide bonds. The van der Waals surface area contributed by atoms with Crippen molar-refractivity contribution in [3.8, 4) is 0 Å². The molecule has 2 rings (SSSR count). The Morgan fingerprint density at radius 3 is 1.61 bits per heavy atom. The lowest BCUT2D eigenvalue weighted by atomic mass is 10.1. The average Bonchev–Trinajstić information content (AvgIpc) is 3.17. The maximum Gasteiger partial charge on any atom is 0.158 e. The topological polar surface area (TPSA) is 34.1 Å². The highest BCUT2D eigenvalue weighted by atomic mass is 32.2. The van der Waals surface area contributed by atoms with Crippen molar-refractivity contribution < 1.29 is 8.42 Å². The van der Waals surface area contributed by atoms with Gasteiger partial charge in [-0.15, -0.1) is 0 Å². The minimum atomic E-state index is -2.95. The van der Waals surface area contributed by atoms with E-state index in [1.165, 1.54) is 38.5 Å². The Hall–Kier alpha value is 0.650. The highest BCUT2D eigenvalue weighted by Gasteiger charge is 2.46. The van der Waals surface area contributed by atoms with Gasteiger partial charge in [-0.3, -0.25) is 0 Å². The molecule has 4 unspecified atom stereocenters. The molecule has 2 heterocycles. The first-order valence-electron chi connectivity index (χ1n) is 9.57. The van der Waals surface area contributed by atoms with Crippen molar-refractivity contribution >= 4 is 33.4 Å². The molecule has 0 aromatic carbocycles. The van der Waals surface area contributed by atoms with Crippen LogP contribution in [0.1, 0.15) is 78.1 Å². The highest BCUT2D eigenvalue weighted by molar-refractivity contribution is 8.04. The van der Waals surface area contributed by atoms with Gasteiger partial charge >= 0.3 is 0 Å². The Morgan fingerprint density at radius 2 is 1.22 bits per heavy atom. The fourth-order valence-corrected chi connectivity index (χ4v) is 10.9. The van der Waals surface area contributed by atoms with E-state index in [4.69, 9.17) is 0 Å². The molecule has 0 N–H and O–H groups in total. The van der Waals surface area contributed by atoms with Crippen LogP contribution in [0.4, 0.5) is 0 Å². The van der Waals surface area contributed by atoms with Crippen LogP contribution in [0.3, 0.4) is 0 Å². The van der Waals surface area contributed by atoms with Crippen LogP contribution in [0.15, 0.2) is 0 Å². The third-order valence-corrected chi connectivity index (χ3v) is 11.4. The van der Waals surface area contributed by atoms with Gasteiger partial charge in [0.05, 0.1) is 10.5 Å². The van der Waals surface area contributed by atoms with Crippen molar-refractivity contribution in [1.29, 1.82) is 0 Å². The van der Waals surface area contributed by atoms with Gasteiger partial charge in [0, 0.05) is 10.5 Å². The molecule has 5 heteroatoms. The molecule has 0 aliphatic carbocycles. The first-order valence-corrected chi connectivity index (χ1v) is 13.3. The predicted octanol–water partition coefficient (Wildman–Crippen LogP) is 5.31. The van der Waals surface area contributed by atoms with Gasteiger partial charge in [0.25, 0.3) is 0 Å². The summed E-state index contributed by atoms with van der Waals surface area (Å²) >= 11 is 3.85. The van der Waals surface area contributed by atoms with Crippen LogP contribution in [0, 0.1) is 0 Å². The lowest BCUT2D eigenvalue weighted by molar-refractivity contribution is 0.536. The molecule has 2 saturated heterocycles. The van der Waals surface area contributed by atoms with E-state index in [0.29, 0.717) is 10.5 Å². The van der Waals surface area contributed by atoms with Crippen LogP contribution < -0.4 is 0 Å². The number of unbranched alkanes of at least 4 members (excludes halogenated alkanes) is 4. The van der Waals surface area contributed by atoms with Crippen molar-refractivity contribution in [2.75, 3.05) is 11.5 Å². The van der Waals surface area contributed by atoms with Crippen molar-refractivity contribution in [1.82, 2.24) is 0 Å². The molecule has 2 nitrogen and oxygen atoms in total. The maximum atomic E-state index is 13.3. The van der Waals surface area contributed by atoms with Gasteiger partial charge in [0.2, 0.25) is 0 Å².